The van der Waals surface area contributed by atoms with Crippen molar-refractivity contribution in [1.82, 2.24) is 15.2 Å². The topological polar surface area (TPSA) is 79.9 Å². The van der Waals surface area contributed by atoms with Crippen molar-refractivity contribution in [1.29, 1.82) is 0 Å². The molecule has 0 aliphatic rings. The molecule has 1 heterocycles. The number of nitrogens with one attached hydrogen (secondary N) is 2. The van der Waals surface area contributed by atoms with Gasteiger partial charge in [0.1, 0.15) is 12.9 Å². The summed E-state index contributed by atoms with van der Waals surface area (Å²) < 4.78 is 5.23. The van der Waals surface area contributed by atoms with Gasteiger partial charge in [-0.1, -0.05) is 11.8 Å². The number of amides is 1. The number of nitrogens with zero attached hydrogens (tertiary/aromatic N) is 2. The zero-order valence-corrected chi connectivity index (χ0v) is 12.1. The molecule has 0 saturated carbocycles. The van der Waals surface area contributed by atoms with Gasteiger partial charge in [0.15, 0.2) is 5.16 Å². The van der Waals surface area contributed by atoms with Crippen LogP contribution in [-0.4, -0.2) is 33.8 Å². The van der Waals surface area contributed by atoms with E-state index in [-0.39, 0.29) is 18.6 Å². The van der Waals surface area contributed by atoms with Crippen LogP contribution < -0.4 is 5.32 Å². The van der Waals surface area contributed by atoms with E-state index >= 15 is 0 Å². The van der Waals surface area contributed by atoms with Crippen molar-refractivity contribution in [3.05, 3.63) is 30.6 Å². The fourth-order valence-corrected chi connectivity index (χ4v) is 2.09. The largest absolute Gasteiger partial charge is 0.369 e. The summed E-state index contributed by atoms with van der Waals surface area (Å²) in [5.41, 5.74) is 0.740. The zero-order valence-electron chi connectivity index (χ0n) is 11.3. The molecule has 6 nitrogen and oxygen atoms in total. The van der Waals surface area contributed by atoms with Crippen LogP contribution >= 0.6 is 11.8 Å². The Balaban J connectivity index is 1.86. The molecule has 2 rings (SSSR count). The van der Waals surface area contributed by atoms with Crippen molar-refractivity contribution in [3.8, 4) is 0 Å². The predicted octanol–water partition coefficient (Wildman–Crippen LogP) is 2.32. The van der Waals surface area contributed by atoms with Crippen molar-refractivity contribution < 1.29 is 9.53 Å². The molecule has 0 aliphatic carbocycles. The first-order valence-electron chi connectivity index (χ1n) is 6.18. The van der Waals surface area contributed by atoms with Crippen LogP contribution in [0.3, 0.4) is 0 Å². The minimum Gasteiger partial charge on any atom is -0.369 e. The van der Waals surface area contributed by atoms with Gasteiger partial charge in [0.25, 0.3) is 0 Å². The van der Waals surface area contributed by atoms with Crippen molar-refractivity contribution in [2.24, 2.45) is 0 Å². The molecule has 0 unspecified atom stereocenters. The number of ether oxygens (including phenoxy) is 1. The molecular formula is C13H16N4O2S. The number of carbonyl (C=O) groups is 1. The number of benzene rings is 1. The highest BCUT2D eigenvalue weighted by atomic mass is 32.2. The van der Waals surface area contributed by atoms with Gasteiger partial charge < -0.3 is 10.1 Å². The third-order valence-corrected chi connectivity index (χ3v) is 3.19. The number of rotatable bonds is 6. The van der Waals surface area contributed by atoms with E-state index in [2.05, 4.69) is 20.5 Å². The standard InChI is InChI=1S/C13H16N4O2S/c1-9(2)19-7-12(18)16-10-3-5-11(6-4-10)20-13-14-8-15-17-13/h3-6,8-9H,7H2,1-2H3,(H,16,18)(H,14,15,17). The summed E-state index contributed by atoms with van der Waals surface area (Å²) in [7, 11) is 0. The van der Waals surface area contributed by atoms with Crippen molar-refractivity contribution in [2.75, 3.05) is 11.9 Å². The second-order valence-electron chi connectivity index (χ2n) is 4.32. The van der Waals surface area contributed by atoms with E-state index in [1.54, 1.807) is 0 Å². The van der Waals surface area contributed by atoms with Gasteiger partial charge in [-0.3, -0.25) is 9.89 Å². The maximum atomic E-state index is 11.6. The van der Waals surface area contributed by atoms with Crippen LogP contribution in [0.4, 0.5) is 5.69 Å². The van der Waals surface area contributed by atoms with E-state index in [1.165, 1.54) is 18.1 Å². The van der Waals surface area contributed by atoms with Crippen LogP contribution in [0.15, 0.2) is 40.6 Å². The molecule has 0 bridgehead atoms. The van der Waals surface area contributed by atoms with Gasteiger partial charge in [-0.05, 0) is 38.1 Å². The van der Waals surface area contributed by atoms with Crippen LogP contribution in [0, 0.1) is 0 Å². The van der Waals surface area contributed by atoms with E-state index in [9.17, 15) is 4.79 Å². The Kier molecular flexibility index (Phi) is 5.14. The van der Waals surface area contributed by atoms with Crippen molar-refractivity contribution >= 4 is 23.4 Å². The number of H-pyrrole nitrogens is 1. The van der Waals surface area contributed by atoms with Gasteiger partial charge in [0.2, 0.25) is 5.91 Å². The monoisotopic (exact) mass is 292 g/mol. The average Bonchev–Trinajstić information content (AvgIpc) is 2.92. The van der Waals surface area contributed by atoms with Crippen molar-refractivity contribution in [3.63, 3.8) is 0 Å². The van der Waals surface area contributed by atoms with Gasteiger partial charge >= 0.3 is 0 Å². The summed E-state index contributed by atoms with van der Waals surface area (Å²) in [6.07, 6.45) is 1.51. The second-order valence-corrected chi connectivity index (χ2v) is 5.39. The molecule has 0 spiro atoms. The molecule has 1 aromatic carbocycles. The maximum absolute atomic E-state index is 11.6. The lowest BCUT2D eigenvalue weighted by Crippen LogP contribution is -2.20. The Bertz CT molecular complexity index is 540. The fourth-order valence-electron chi connectivity index (χ4n) is 1.40. The molecule has 1 aromatic heterocycles. The van der Waals surface area contributed by atoms with Gasteiger partial charge in [-0.25, -0.2) is 4.98 Å². The summed E-state index contributed by atoms with van der Waals surface area (Å²) >= 11 is 1.47. The summed E-state index contributed by atoms with van der Waals surface area (Å²) in [6, 6.07) is 7.50. The fraction of sp³-hybridized carbons (Fsp3) is 0.308. The van der Waals surface area contributed by atoms with Crippen molar-refractivity contribution in [2.45, 2.75) is 30.0 Å². The number of hydrogen-bond donors (Lipinski definition) is 2. The molecule has 0 saturated heterocycles. The third kappa shape index (κ3) is 4.67. The molecule has 2 aromatic rings. The summed E-state index contributed by atoms with van der Waals surface area (Å²) in [5, 5.41) is 10.1. The quantitative estimate of drug-likeness (QED) is 0.854. The minimum atomic E-state index is -0.158. The van der Waals surface area contributed by atoms with Gasteiger partial charge in [0, 0.05) is 10.6 Å². The highest BCUT2D eigenvalue weighted by Gasteiger charge is 2.05. The van der Waals surface area contributed by atoms with E-state index < -0.39 is 0 Å². The lowest BCUT2D eigenvalue weighted by atomic mass is 10.3. The van der Waals surface area contributed by atoms with Gasteiger partial charge in [-0.15, -0.1) is 0 Å². The molecule has 1 amide bonds. The van der Waals surface area contributed by atoms with Gasteiger partial charge in [-0.2, -0.15) is 5.10 Å². The Morgan fingerprint density at radius 1 is 1.40 bits per heavy atom. The van der Waals surface area contributed by atoms with Crippen LogP contribution in [-0.2, 0) is 9.53 Å². The normalized spacial score (nSPS) is 10.8. The first kappa shape index (κ1) is 14.5. The van der Waals surface area contributed by atoms with Gasteiger partial charge in [0.05, 0.1) is 6.10 Å². The number of carbonyl (C=O) groups excluding carboxylic acids is 1. The molecule has 0 fully saturated rings. The van der Waals surface area contributed by atoms with E-state index in [4.69, 9.17) is 4.74 Å². The molecule has 7 heteroatoms. The highest BCUT2D eigenvalue weighted by molar-refractivity contribution is 7.99. The predicted molar refractivity (Wildman–Crippen MR) is 76.7 cm³/mol. The number of anilines is 1. The Labute approximate surface area is 121 Å². The molecule has 106 valence electrons. The lowest BCUT2D eigenvalue weighted by molar-refractivity contribution is -0.121. The summed E-state index contributed by atoms with van der Waals surface area (Å²) in [6.45, 7) is 3.85. The first-order valence-corrected chi connectivity index (χ1v) is 7.00. The first-order chi connectivity index (χ1) is 9.63. The van der Waals surface area contributed by atoms with Crippen LogP contribution in [0.5, 0.6) is 0 Å². The van der Waals surface area contributed by atoms with Crippen LogP contribution in [0.1, 0.15) is 13.8 Å². The Hall–Kier alpha value is -1.86. The number of hydrogen-bond acceptors (Lipinski definition) is 5. The lowest BCUT2D eigenvalue weighted by Gasteiger charge is -2.08. The molecule has 0 atom stereocenters. The third-order valence-electron chi connectivity index (χ3n) is 2.29. The van der Waals surface area contributed by atoms with E-state index in [0.29, 0.717) is 0 Å². The minimum absolute atomic E-state index is 0.0430. The molecule has 0 radical (unpaired) electrons. The Morgan fingerprint density at radius 2 is 2.15 bits per heavy atom. The summed E-state index contributed by atoms with van der Waals surface area (Å²) in [5.74, 6) is -0.158. The highest BCUT2D eigenvalue weighted by Crippen LogP contribution is 2.25. The molecule has 20 heavy (non-hydrogen) atoms. The number of aromatic amines is 1. The second kappa shape index (κ2) is 7.06. The average molecular weight is 292 g/mol. The molecule has 0 aliphatic heterocycles. The maximum Gasteiger partial charge on any atom is 0.250 e. The zero-order chi connectivity index (χ0) is 14.4. The Morgan fingerprint density at radius 3 is 2.75 bits per heavy atom. The van der Waals surface area contributed by atoms with E-state index in [0.717, 1.165) is 15.7 Å². The van der Waals surface area contributed by atoms with Crippen LogP contribution in [0.2, 0.25) is 0 Å². The molecule has 2 N–H and O–H groups in total. The van der Waals surface area contributed by atoms with E-state index in [1.807, 2.05) is 38.1 Å². The smallest absolute Gasteiger partial charge is 0.250 e. The van der Waals surface area contributed by atoms with Crippen LogP contribution in [0.25, 0.3) is 0 Å². The molecular weight excluding hydrogens is 276 g/mol. The number of aromatic nitrogens is 3. The summed E-state index contributed by atoms with van der Waals surface area (Å²) in [4.78, 5) is 16.6. The SMILES string of the molecule is CC(C)OCC(=O)Nc1ccc(Sc2ncn[nH]2)cc1.